The fourth-order valence-corrected chi connectivity index (χ4v) is 2.89. The molecule has 0 aromatic carbocycles. The summed E-state index contributed by atoms with van der Waals surface area (Å²) in [5.41, 5.74) is 0.401. The lowest BCUT2D eigenvalue weighted by molar-refractivity contribution is 0.0920. The predicted octanol–water partition coefficient (Wildman–Crippen LogP) is 1.45. The normalized spacial score (nSPS) is 21.5. The van der Waals surface area contributed by atoms with Crippen molar-refractivity contribution < 1.29 is 9.32 Å². The maximum absolute atomic E-state index is 12.1. The molecule has 1 fully saturated rings. The number of carbonyl (C=O) groups excluding carboxylic acids is 1. The highest BCUT2D eigenvalue weighted by Crippen LogP contribution is 2.27. The van der Waals surface area contributed by atoms with E-state index in [1.807, 2.05) is 0 Å². The Labute approximate surface area is 127 Å². The fraction of sp³-hybridized carbons (Fsp3) is 0.467. The zero-order chi connectivity index (χ0) is 15.5. The van der Waals surface area contributed by atoms with Crippen LogP contribution in [0.2, 0.25) is 0 Å². The molecule has 2 aromatic heterocycles. The van der Waals surface area contributed by atoms with Crippen molar-refractivity contribution >= 4 is 5.91 Å². The van der Waals surface area contributed by atoms with E-state index in [0.717, 1.165) is 25.7 Å². The summed E-state index contributed by atoms with van der Waals surface area (Å²) >= 11 is 0. The second-order valence-electron chi connectivity index (χ2n) is 5.58. The van der Waals surface area contributed by atoms with Crippen molar-refractivity contribution in [2.45, 2.75) is 44.7 Å². The van der Waals surface area contributed by atoms with Gasteiger partial charge in [0.05, 0.1) is 12.2 Å². The molecule has 0 unspecified atom stereocenters. The van der Waals surface area contributed by atoms with Crippen LogP contribution in [-0.2, 0) is 0 Å². The maximum Gasteiger partial charge on any atom is 0.266 e. The largest absolute Gasteiger partial charge is 0.361 e. The molecule has 1 saturated carbocycles. The molecule has 0 bridgehead atoms. The molecule has 1 aliphatic carbocycles. The zero-order valence-corrected chi connectivity index (χ0v) is 12.4. The molecule has 0 aliphatic heterocycles. The van der Waals surface area contributed by atoms with E-state index in [0.29, 0.717) is 11.3 Å². The third-order valence-corrected chi connectivity index (χ3v) is 4.11. The number of carbonyl (C=O) groups is 1. The summed E-state index contributed by atoms with van der Waals surface area (Å²) in [6.45, 7) is 1.71. The Balaban J connectivity index is 1.58. The number of aromatic nitrogens is 3. The quantitative estimate of drug-likeness (QED) is 0.927. The van der Waals surface area contributed by atoms with Gasteiger partial charge in [-0.05, 0) is 38.7 Å². The SMILES string of the molecule is Cc1oncc1C(=O)NC1CCC(n2ncccc2=O)CC1. The van der Waals surface area contributed by atoms with E-state index in [-0.39, 0.29) is 23.6 Å². The Morgan fingerprint density at radius 2 is 2.14 bits per heavy atom. The Bertz CT molecular complexity index is 713. The van der Waals surface area contributed by atoms with E-state index in [4.69, 9.17) is 4.52 Å². The smallest absolute Gasteiger partial charge is 0.266 e. The van der Waals surface area contributed by atoms with Crippen molar-refractivity contribution in [3.8, 4) is 0 Å². The van der Waals surface area contributed by atoms with Gasteiger partial charge in [-0.1, -0.05) is 5.16 Å². The number of hydrogen-bond acceptors (Lipinski definition) is 5. The molecule has 22 heavy (non-hydrogen) atoms. The molecular formula is C15H18N4O3. The average Bonchev–Trinajstić information content (AvgIpc) is 2.95. The Morgan fingerprint density at radius 3 is 2.77 bits per heavy atom. The van der Waals surface area contributed by atoms with Crippen molar-refractivity contribution in [2.24, 2.45) is 0 Å². The number of hydrogen-bond donors (Lipinski definition) is 1. The van der Waals surface area contributed by atoms with Gasteiger partial charge in [-0.3, -0.25) is 9.59 Å². The van der Waals surface area contributed by atoms with Crippen molar-refractivity contribution in [3.05, 3.63) is 46.2 Å². The average molecular weight is 302 g/mol. The number of nitrogens with zero attached hydrogens (tertiary/aromatic N) is 3. The van der Waals surface area contributed by atoms with E-state index in [1.165, 1.54) is 12.3 Å². The Hall–Kier alpha value is -2.44. The van der Waals surface area contributed by atoms with Crippen LogP contribution in [0.4, 0.5) is 0 Å². The lowest BCUT2D eigenvalue weighted by Gasteiger charge is -2.29. The highest BCUT2D eigenvalue weighted by Gasteiger charge is 2.25. The molecule has 7 heteroatoms. The van der Waals surface area contributed by atoms with Crippen LogP contribution in [0.1, 0.15) is 47.8 Å². The number of rotatable bonds is 3. The fourth-order valence-electron chi connectivity index (χ4n) is 2.89. The second-order valence-corrected chi connectivity index (χ2v) is 5.58. The first kappa shape index (κ1) is 14.5. The molecule has 0 saturated heterocycles. The van der Waals surface area contributed by atoms with Gasteiger partial charge in [-0.2, -0.15) is 5.10 Å². The lowest BCUT2D eigenvalue weighted by Crippen LogP contribution is -2.39. The van der Waals surface area contributed by atoms with Crippen LogP contribution >= 0.6 is 0 Å². The summed E-state index contributed by atoms with van der Waals surface area (Å²) in [6, 6.07) is 3.39. The van der Waals surface area contributed by atoms with Crippen molar-refractivity contribution in [1.29, 1.82) is 0 Å². The highest BCUT2D eigenvalue weighted by atomic mass is 16.5. The molecule has 1 amide bonds. The van der Waals surface area contributed by atoms with Crippen molar-refractivity contribution in [2.75, 3.05) is 0 Å². The van der Waals surface area contributed by atoms with E-state index in [2.05, 4.69) is 15.6 Å². The summed E-state index contributed by atoms with van der Waals surface area (Å²) < 4.78 is 6.45. The van der Waals surface area contributed by atoms with Gasteiger partial charge in [0.15, 0.2) is 0 Å². The monoisotopic (exact) mass is 302 g/mol. The first-order valence-electron chi connectivity index (χ1n) is 7.41. The van der Waals surface area contributed by atoms with E-state index < -0.39 is 0 Å². The van der Waals surface area contributed by atoms with Gasteiger partial charge in [0.1, 0.15) is 11.3 Å². The standard InChI is InChI=1S/C15H18N4O3/c1-10-13(9-17-22-10)15(21)18-11-4-6-12(7-5-11)19-14(20)3-2-8-16-19/h2-3,8-9,11-12H,4-7H2,1H3,(H,18,21). The summed E-state index contributed by atoms with van der Waals surface area (Å²) in [5, 5.41) is 10.8. The molecule has 116 valence electrons. The molecule has 7 nitrogen and oxygen atoms in total. The van der Waals surface area contributed by atoms with Crippen LogP contribution in [0.3, 0.4) is 0 Å². The first-order chi connectivity index (χ1) is 10.6. The second kappa shape index (κ2) is 6.13. The van der Waals surface area contributed by atoms with Gasteiger partial charge in [-0.15, -0.1) is 0 Å². The maximum atomic E-state index is 12.1. The minimum absolute atomic E-state index is 0.0740. The molecule has 0 atom stereocenters. The van der Waals surface area contributed by atoms with Crippen LogP contribution in [0.5, 0.6) is 0 Å². The first-order valence-corrected chi connectivity index (χ1v) is 7.41. The van der Waals surface area contributed by atoms with Crippen molar-refractivity contribution in [3.63, 3.8) is 0 Å². The van der Waals surface area contributed by atoms with Crippen LogP contribution in [0.25, 0.3) is 0 Å². The van der Waals surface area contributed by atoms with Gasteiger partial charge in [-0.25, -0.2) is 4.68 Å². The molecule has 2 heterocycles. The lowest BCUT2D eigenvalue weighted by atomic mass is 9.91. The number of nitrogens with one attached hydrogen (secondary N) is 1. The third-order valence-electron chi connectivity index (χ3n) is 4.11. The highest BCUT2D eigenvalue weighted by molar-refractivity contribution is 5.94. The van der Waals surface area contributed by atoms with Gasteiger partial charge in [0.2, 0.25) is 0 Å². The zero-order valence-electron chi connectivity index (χ0n) is 12.4. The topological polar surface area (TPSA) is 90.0 Å². The minimum atomic E-state index is -0.155. The molecule has 3 rings (SSSR count). The number of amides is 1. The summed E-state index contributed by atoms with van der Waals surface area (Å²) in [5.74, 6) is 0.364. The van der Waals surface area contributed by atoms with Crippen molar-refractivity contribution in [1.82, 2.24) is 20.3 Å². The minimum Gasteiger partial charge on any atom is -0.361 e. The van der Waals surface area contributed by atoms with Gasteiger partial charge < -0.3 is 9.84 Å². The van der Waals surface area contributed by atoms with E-state index in [1.54, 1.807) is 23.9 Å². The van der Waals surface area contributed by atoms with Crippen LogP contribution in [0.15, 0.2) is 33.8 Å². The molecule has 0 radical (unpaired) electrons. The van der Waals surface area contributed by atoms with Gasteiger partial charge in [0.25, 0.3) is 11.5 Å². The molecule has 2 aromatic rings. The molecule has 1 N–H and O–H groups in total. The number of aryl methyl sites for hydroxylation is 1. The Kier molecular flexibility index (Phi) is 4.04. The summed E-state index contributed by atoms with van der Waals surface area (Å²) in [6.07, 6.45) is 6.36. The molecule has 0 spiro atoms. The van der Waals surface area contributed by atoms with Crippen LogP contribution in [-0.4, -0.2) is 26.9 Å². The third kappa shape index (κ3) is 2.93. The Morgan fingerprint density at radius 1 is 1.36 bits per heavy atom. The van der Waals surface area contributed by atoms with Gasteiger partial charge >= 0.3 is 0 Å². The molecule has 1 aliphatic rings. The van der Waals surface area contributed by atoms with E-state index >= 15 is 0 Å². The summed E-state index contributed by atoms with van der Waals surface area (Å²) in [7, 11) is 0. The predicted molar refractivity (Wildman–Crippen MR) is 78.5 cm³/mol. The van der Waals surface area contributed by atoms with Gasteiger partial charge in [0, 0.05) is 18.3 Å². The van der Waals surface area contributed by atoms with E-state index in [9.17, 15) is 9.59 Å². The van der Waals surface area contributed by atoms with Crippen LogP contribution < -0.4 is 10.9 Å². The summed E-state index contributed by atoms with van der Waals surface area (Å²) in [4.78, 5) is 23.9. The van der Waals surface area contributed by atoms with Crippen LogP contribution in [0, 0.1) is 6.92 Å². The molecular weight excluding hydrogens is 284 g/mol.